The van der Waals surface area contributed by atoms with Crippen molar-refractivity contribution in [2.24, 2.45) is 5.10 Å². The number of benzene rings is 2. The van der Waals surface area contributed by atoms with Crippen molar-refractivity contribution < 1.29 is 19.0 Å². The molecule has 2 aromatic carbocycles. The number of methoxy groups -OCH3 is 1. The Hall–Kier alpha value is -2.74. The van der Waals surface area contributed by atoms with E-state index in [1.165, 1.54) is 5.56 Å². The summed E-state index contributed by atoms with van der Waals surface area (Å²) in [5, 5.41) is 6.58. The number of hydrazone groups is 1. The van der Waals surface area contributed by atoms with Crippen molar-refractivity contribution in [1.29, 1.82) is 0 Å². The Morgan fingerprint density at radius 2 is 1.85 bits per heavy atom. The zero-order chi connectivity index (χ0) is 23.7. The molecule has 2 aromatic rings. The van der Waals surface area contributed by atoms with Gasteiger partial charge in [0.2, 0.25) is 0 Å². The van der Waals surface area contributed by atoms with Gasteiger partial charge in [-0.3, -0.25) is 9.69 Å². The number of hydrogen-bond acceptors (Lipinski definition) is 6. The number of carbonyl (C=O) groups is 1. The summed E-state index contributed by atoms with van der Waals surface area (Å²) in [4.78, 5) is 15.8. The van der Waals surface area contributed by atoms with E-state index < -0.39 is 5.79 Å². The molecule has 0 radical (unpaired) electrons. The number of amides is 1. The molecule has 1 atom stereocenters. The van der Waals surface area contributed by atoms with Crippen molar-refractivity contribution >= 4 is 11.6 Å². The number of carbonyl (C=O) groups excluding carboxylic acids is 1. The fourth-order valence-corrected chi connectivity index (χ4v) is 5.23. The highest BCUT2D eigenvalue weighted by Crippen LogP contribution is 2.38. The maximum absolute atomic E-state index is 13.6. The van der Waals surface area contributed by atoms with Crippen LogP contribution in [0.2, 0.25) is 0 Å². The minimum atomic E-state index is -0.443. The highest BCUT2D eigenvalue weighted by Gasteiger charge is 2.41. The topological polar surface area (TPSA) is 63.6 Å². The normalized spacial score (nSPS) is 22.3. The molecule has 3 aliphatic rings. The molecule has 7 nitrogen and oxygen atoms in total. The van der Waals surface area contributed by atoms with Crippen LogP contribution >= 0.6 is 0 Å². The largest absolute Gasteiger partial charge is 0.496 e. The van der Waals surface area contributed by atoms with Crippen LogP contribution < -0.4 is 4.74 Å². The van der Waals surface area contributed by atoms with Gasteiger partial charge in [-0.05, 0) is 31.5 Å². The van der Waals surface area contributed by atoms with Gasteiger partial charge in [-0.15, -0.1) is 0 Å². The molecule has 34 heavy (non-hydrogen) atoms. The zero-order valence-corrected chi connectivity index (χ0v) is 20.3. The average Bonchev–Trinajstić information content (AvgIpc) is 3.50. The van der Waals surface area contributed by atoms with Gasteiger partial charge in [0.15, 0.2) is 5.79 Å². The molecular weight excluding hydrogens is 430 g/mol. The molecule has 2 fully saturated rings. The lowest BCUT2D eigenvalue weighted by atomic mass is 9.94. The lowest BCUT2D eigenvalue weighted by molar-refractivity contribution is -0.186. The maximum Gasteiger partial charge on any atom is 0.257 e. The first kappa shape index (κ1) is 23.0. The van der Waals surface area contributed by atoms with E-state index in [-0.39, 0.29) is 11.9 Å². The number of aryl methyl sites for hydroxylation is 2. The van der Waals surface area contributed by atoms with Crippen LogP contribution in [0.25, 0.3) is 0 Å². The first-order chi connectivity index (χ1) is 16.5. The average molecular weight is 464 g/mol. The maximum atomic E-state index is 13.6. The summed E-state index contributed by atoms with van der Waals surface area (Å²) in [5.74, 6) is 0.333. The van der Waals surface area contributed by atoms with Gasteiger partial charge >= 0.3 is 0 Å². The molecule has 2 saturated heterocycles. The van der Waals surface area contributed by atoms with E-state index in [2.05, 4.69) is 36.9 Å². The van der Waals surface area contributed by atoms with Crippen molar-refractivity contribution in [2.75, 3.05) is 40.0 Å². The van der Waals surface area contributed by atoms with Gasteiger partial charge in [-0.2, -0.15) is 5.10 Å². The Bertz CT molecular complexity index is 1080. The second-order valence-electron chi connectivity index (χ2n) is 9.45. The Kier molecular flexibility index (Phi) is 6.42. The summed E-state index contributed by atoms with van der Waals surface area (Å²) in [7, 11) is 1.67. The van der Waals surface area contributed by atoms with E-state index in [4.69, 9.17) is 19.3 Å². The third-order valence-electron chi connectivity index (χ3n) is 7.16. The van der Waals surface area contributed by atoms with E-state index in [0.29, 0.717) is 26.2 Å². The third kappa shape index (κ3) is 4.48. The zero-order valence-electron chi connectivity index (χ0n) is 20.3. The first-order valence-electron chi connectivity index (χ1n) is 12.1. The predicted octanol–water partition coefficient (Wildman–Crippen LogP) is 3.83. The van der Waals surface area contributed by atoms with E-state index >= 15 is 0 Å². The highest BCUT2D eigenvalue weighted by molar-refractivity contribution is 6.04. The monoisotopic (exact) mass is 463 g/mol. The van der Waals surface area contributed by atoms with Crippen LogP contribution in [0.15, 0.2) is 47.6 Å². The van der Waals surface area contributed by atoms with Crippen LogP contribution in [-0.4, -0.2) is 67.3 Å². The molecule has 0 bridgehead atoms. The molecule has 180 valence electrons. The van der Waals surface area contributed by atoms with E-state index in [1.807, 2.05) is 24.3 Å². The minimum Gasteiger partial charge on any atom is -0.496 e. The molecule has 1 amide bonds. The van der Waals surface area contributed by atoms with Gasteiger partial charge in [-0.25, -0.2) is 5.01 Å². The van der Waals surface area contributed by atoms with Crippen LogP contribution in [-0.2, 0) is 14.3 Å². The fourth-order valence-electron chi connectivity index (χ4n) is 5.23. The summed E-state index contributed by atoms with van der Waals surface area (Å²) in [5.41, 5.74) is 5.37. The van der Waals surface area contributed by atoms with Gasteiger partial charge in [0.25, 0.3) is 5.91 Å². The second kappa shape index (κ2) is 9.49. The molecule has 0 saturated carbocycles. The fraction of sp³-hybridized carbons (Fsp3) is 0.481. The lowest BCUT2D eigenvalue weighted by Gasteiger charge is -2.37. The van der Waals surface area contributed by atoms with Crippen LogP contribution in [0.1, 0.15) is 47.6 Å². The molecule has 3 heterocycles. The van der Waals surface area contributed by atoms with Gasteiger partial charge in [0, 0.05) is 43.5 Å². The van der Waals surface area contributed by atoms with Gasteiger partial charge in [0.05, 0.1) is 38.6 Å². The van der Waals surface area contributed by atoms with Crippen molar-refractivity contribution in [3.63, 3.8) is 0 Å². The van der Waals surface area contributed by atoms with Crippen molar-refractivity contribution in [3.05, 3.63) is 64.7 Å². The second-order valence-corrected chi connectivity index (χ2v) is 9.45. The number of piperidine rings is 1. The van der Waals surface area contributed by atoms with Crippen molar-refractivity contribution in [2.45, 2.75) is 44.9 Å². The van der Waals surface area contributed by atoms with Crippen LogP contribution in [0, 0.1) is 13.8 Å². The van der Waals surface area contributed by atoms with Crippen LogP contribution in [0.4, 0.5) is 0 Å². The standard InChI is InChI=1S/C27H33N3O4/c1-19-8-9-20(2)22(16-19)23-17-24(21-6-4-5-7-25(21)32-3)30(28-23)26(31)18-29-12-10-27(11-13-29)33-14-15-34-27/h4-9,16,24H,10-15,17-18H2,1-3H3. The first-order valence-corrected chi connectivity index (χ1v) is 12.1. The summed E-state index contributed by atoms with van der Waals surface area (Å²) >= 11 is 0. The molecule has 0 N–H and O–H groups in total. The summed E-state index contributed by atoms with van der Waals surface area (Å²) in [6, 6.07) is 14.1. The SMILES string of the molecule is COc1ccccc1C1CC(c2cc(C)ccc2C)=NN1C(=O)CN1CCC2(CC1)OCCO2. The summed E-state index contributed by atoms with van der Waals surface area (Å²) in [6.45, 7) is 7.35. The number of ether oxygens (including phenoxy) is 3. The molecule has 1 unspecified atom stereocenters. The van der Waals surface area contributed by atoms with E-state index in [0.717, 1.165) is 54.1 Å². The van der Waals surface area contributed by atoms with Crippen molar-refractivity contribution in [1.82, 2.24) is 9.91 Å². The third-order valence-corrected chi connectivity index (χ3v) is 7.16. The number of hydrogen-bond donors (Lipinski definition) is 0. The number of likely N-dealkylation sites (tertiary alicyclic amines) is 1. The van der Waals surface area contributed by atoms with Gasteiger partial charge < -0.3 is 14.2 Å². The molecule has 5 rings (SSSR count). The summed E-state index contributed by atoms with van der Waals surface area (Å²) in [6.07, 6.45) is 2.22. The Labute approximate surface area is 201 Å². The molecular formula is C27H33N3O4. The number of nitrogens with zero attached hydrogens (tertiary/aromatic N) is 3. The smallest absolute Gasteiger partial charge is 0.257 e. The Morgan fingerprint density at radius 3 is 2.59 bits per heavy atom. The Morgan fingerprint density at radius 1 is 1.12 bits per heavy atom. The van der Waals surface area contributed by atoms with Gasteiger partial charge in [-0.1, -0.05) is 35.9 Å². The van der Waals surface area contributed by atoms with E-state index in [9.17, 15) is 4.79 Å². The molecule has 7 heteroatoms. The minimum absolute atomic E-state index is 0.000390. The molecule has 3 aliphatic heterocycles. The number of rotatable bonds is 5. The number of para-hydroxylation sites is 1. The quantitative estimate of drug-likeness (QED) is 0.675. The highest BCUT2D eigenvalue weighted by atomic mass is 16.7. The Balaban J connectivity index is 1.39. The van der Waals surface area contributed by atoms with Gasteiger partial charge in [0.1, 0.15) is 5.75 Å². The van der Waals surface area contributed by atoms with Crippen molar-refractivity contribution in [3.8, 4) is 5.75 Å². The lowest BCUT2D eigenvalue weighted by Crippen LogP contribution is -2.48. The van der Waals surface area contributed by atoms with E-state index in [1.54, 1.807) is 12.1 Å². The molecule has 0 aromatic heterocycles. The molecule has 0 aliphatic carbocycles. The van der Waals surface area contributed by atoms with Crippen LogP contribution in [0.3, 0.4) is 0 Å². The molecule has 1 spiro atoms. The van der Waals surface area contributed by atoms with Crippen LogP contribution in [0.5, 0.6) is 5.75 Å². The summed E-state index contributed by atoms with van der Waals surface area (Å²) < 4.78 is 17.3. The predicted molar refractivity (Wildman–Crippen MR) is 130 cm³/mol.